The zero-order chi connectivity index (χ0) is 55.3. The summed E-state index contributed by atoms with van der Waals surface area (Å²) in [5.74, 6) is -4.44. The molecule has 406 valence electrons. The molecule has 2 aliphatic heterocycles. The highest BCUT2D eigenvalue weighted by Crippen LogP contribution is 2.29. The van der Waals surface area contributed by atoms with Crippen LogP contribution >= 0.6 is 0 Å². The molecular weight excluding hydrogens is 979 g/mol. The first kappa shape index (κ1) is 56.6. The van der Waals surface area contributed by atoms with Crippen LogP contribution in [0.1, 0.15) is 102 Å². The Labute approximate surface area is 449 Å². The van der Waals surface area contributed by atoms with E-state index in [2.05, 4.69) is 42.5 Å². The van der Waals surface area contributed by atoms with E-state index >= 15 is 0 Å². The number of nitrogens with one attached hydrogen (secondary N) is 8. The molecule has 2 fully saturated rings. The van der Waals surface area contributed by atoms with Gasteiger partial charge in [-0.2, -0.15) is 0 Å². The second-order valence-corrected chi connectivity index (χ2v) is 20.0. The Hall–Kier alpha value is -8.16. The summed E-state index contributed by atoms with van der Waals surface area (Å²) in [5, 5.41) is 23.6. The fourth-order valence-electron chi connectivity index (χ4n) is 9.87. The van der Waals surface area contributed by atoms with Crippen LogP contribution in [0.15, 0.2) is 133 Å². The fraction of sp³-hybridized carbons (Fsp3) is 0.379. The van der Waals surface area contributed by atoms with Crippen molar-refractivity contribution in [2.24, 2.45) is 5.92 Å². The van der Waals surface area contributed by atoms with Crippen LogP contribution in [0, 0.1) is 5.92 Å². The van der Waals surface area contributed by atoms with E-state index in [0.29, 0.717) is 12.0 Å². The lowest BCUT2D eigenvalue weighted by molar-refractivity contribution is -0.142. The number of benzene rings is 4. The lowest BCUT2D eigenvalue weighted by Gasteiger charge is -2.33. The topological polar surface area (TPSA) is 265 Å². The third kappa shape index (κ3) is 14.2. The number of nitrogens with zero attached hydrogens (tertiary/aromatic N) is 2. The second kappa shape index (κ2) is 26.1. The van der Waals surface area contributed by atoms with Crippen LogP contribution in [0.2, 0.25) is 0 Å². The van der Waals surface area contributed by atoms with Crippen molar-refractivity contribution in [3.63, 3.8) is 0 Å². The van der Waals surface area contributed by atoms with Crippen molar-refractivity contribution in [1.29, 1.82) is 0 Å². The molecule has 0 spiro atoms. The number of rotatable bonds is 20. The molecule has 10 N–H and O–H groups in total. The number of nitrogen functional groups attached to an aromatic ring is 1. The van der Waals surface area contributed by atoms with Gasteiger partial charge in [-0.05, 0) is 95.9 Å². The number of nitrogens with two attached hydrogens (primary N) is 1. The van der Waals surface area contributed by atoms with Gasteiger partial charge in [0.05, 0.1) is 24.2 Å². The Morgan fingerprint density at radius 3 is 1.43 bits per heavy atom. The van der Waals surface area contributed by atoms with Gasteiger partial charge in [-0.1, -0.05) is 115 Å². The minimum atomic E-state index is -1.17. The maximum absolute atomic E-state index is 14.8. The summed E-state index contributed by atoms with van der Waals surface area (Å²) in [7, 11) is 3.27. The van der Waals surface area contributed by atoms with E-state index in [1.54, 1.807) is 58.3 Å². The van der Waals surface area contributed by atoms with Gasteiger partial charge in [0.15, 0.2) is 0 Å². The smallest absolute Gasteiger partial charge is 0.251 e. The molecule has 8 amide bonds. The van der Waals surface area contributed by atoms with E-state index in [9.17, 15) is 38.4 Å². The monoisotopic (exact) mass is 1050 g/mol. The predicted molar refractivity (Wildman–Crippen MR) is 292 cm³/mol. The highest BCUT2D eigenvalue weighted by molar-refractivity contribution is 6.02. The molecule has 2 heterocycles. The summed E-state index contributed by atoms with van der Waals surface area (Å²) < 4.78 is 0. The molecule has 1 aliphatic carbocycles. The number of hydrogen-bond donors (Lipinski definition) is 9. The van der Waals surface area contributed by atoms with Crippen molar-refractivity contribution in [1.82, 2.24) is 52.3 Å². The van der Waals surface area contributed by atoms with Crippen LogP contribution < -0.4 is 48.3 Å². The average Bonchev–Trinajstić information content (AvgIpc) is 4.10. The molecule has 0 radical (unpaired) electrons. The minimum absolute atomic E-state index is 0.0193. The van der Waals surface area contributed by atoms with Gasteiger partial charge in [0.2, 0.25) is 29.5 Å². The molecule has 2 saturated heterocycles. The summed E-state index contributed by atoms with van der Waals surface area (Å²) >= 11 is 0. The first-order chi connectivity index (χ1) is 37.0. The zero-order valence-electron chi connectivity index (χ0n) is 44.3. The molecule has 3 aliphatic rings. The molecule has 0 bridgehead atoms. The van der Waals surface area contributed by atoms with Crippen LogP contribution in [0.3, 0.4) is 0 Å². The van der Waals surface area contributed by atoms with E-state index in [1.165, 1.54) is 28.0 Å². The Balaban J connectivity index is 1.11. The predicted octanol–water partition coefficient (Wildman–Crippen LogP) is 3.11. The summed E-state index contributed by atoms with van der Waals surface area (Å²) in [6.07, 6.45) is 7.95. The lowest BCUT2D eigenvalue weighted by atomic mass is 9.91. The lowest BCUT2D eigenvalue weighted by Crippen LogP contribution is -2.58. The SMILES string of the molecule is CN[C@@H](C)C(=O)N[C@H](C(=O)N1C[C@@H](NC(=O)c2cc(N)cc(C(=O)N[C@H]3C[C@@H](C(=O)N[C@H](C)c4ccccc4)N(C(=O)[C@@H](NC(=O)[C@H](C)NC)C4C=CC=CC4)C3)c2)C[C@H]1C(=O)N[C@H](C)c1ccccc1)c1ccccc1. The maximum Gasteiger partial charge on any atom is 0.251 e. The van der Waals surface area contributed by atoms with Gasteiger partial charge in [-0.15, -0.1) is 0 Å². The summed E-state index contributed by atoms with van der Waals surface area (Å²) in [6.45, 7) is 6.83. The summed E-state index contributed by atoms with van der Waals surface area (Å²) in [4.78, 5) is 116. The first-order valence-electron chi connectivity index (χ1n) is 26.1. The molecule has 4 aromatic rings. The van der Waals surface area contributed by atoms with Crippen LogP contribution in [0.5, 0.6) is 0 Å². The van der Waals surface area contributed by atoms with Gasteiger partial charge in [0, 0.05) is 47.9 Å². The number of allylic oxidation sites excluding steroid dienone is 3. The Morgan fingerprint density at radius 2 is 0.987 bits per heavy atom. The Kier molecular flexibility index (Phi) is 19.1. The summed E-state index contributed by atoms with van der Waals surface area (Å²) in [6, 6.07) is 23.7. The molecular formula is C58H71N11O8. The minimum Gasteiger partial charge on any atom is -0.399 e. The van der Waals surface area contributed by atoms with Crippen LogP contribution in [-0.2, 0) is 28.8 Å². The van der Waals surface area contributed by atoms with Crippen molar-refractivity contribution >= 4 is 52.9 Å². The number of anilines is 1. The van der Waals surface area contributed by atoms with Crippen molar-refractivity contribution < 1.29 is 38.4 Å². The van der Waals surface area contributed by atoms with E-state index in [4.69, 9.17) is 5.73 Å². The molecule has 77 heavy (non-hydrogen) atoms. The summed E-state index contributed by atoms with van der Waals surface area (Å²) in [5.41, 5.74) is 8.69. The second-order valence-electron chi connectivity index (χ2n) is 20.0. The quantitative estimate of drug-likeness (QED) is 0.0581. The number of likely N-dealkylation sites (tertiary alicyclic amines) is 2. The molecule has 7 rings (SSSR count). The van der Waals surface area contributed by atoms with Crippen LogP contribution in [0.4, 0.5) is 5.69 Å². The van der Waals surface area contributed by atoms with Crippen molar-refractivity contribution in [2.45, 2.75) is 107 Å². The van der Waals surface area contributed by atoms with Crippen LogP contribution in [-0.4, -0.2) is 127 Å². The highest BCUT2D eigenvalue weighted by Gasteiger charge is 2.46. The number of amides is 8. The fourth-order valence-corrected chi connectivity index (χ4v) is 9.87. The number of carbonyl (C=O) groups is 8. The van der Waals surface area contributed by atoms with Crippen molar-refractivity contribution in [2.75, 3.05) is 32.9 Å². The Bertz CT molecular complexity index is 2830. The normalized spacial score (nSPS) is 21.1. The number of carbonyl (C=O) groups excluding carboxylic acids is 8. The van der Waals surface area contributed by atoms with Gasteiger partial charge in [-0.3, -0.25) is 38.4 Å². The van der Waals surface area contributed by atoms with Crippen molar-refractivity contribution in [3.8, 4) is 0 Å². The molecule has 1 unspecified atom stereocenters. The van der Waals surface area contributed by atoms with Gasteiger partial charge in [-0.25, -0.2) is 0 Å². The molecule has 4 aromatic carbocycles. The first-order valence-corrected chi connectivity index (χ1v) is 26.1. The van der Waals surface area contributed by atoms with Gasteiger partial charge >= 0.3 is 0 Å². The standard InChI is InChI=1S/C58H71N11O8/c1-34(38-19-11-7-12-20-38)62-55(74)47-30-45(32-68(47)57(76)49(40-23-15-9-16-24-40)66-51(70)36(3)60-5)64-53(72)42-27-43(29-44(59)28-42)54(73)65-46-31-48(56(75)63-35(2)39-21-13-8-14-22-39)69(33-46)58(77)50(41-25-17-10-18-26-41)67-52(71)37(4)61-6/h7-25,27-29,34-37,41,45-50,60-61H,26,30-33,59H2,1-6H3,(H,62,74)(H,63,75)(H,64,72)(H,65,73)(H,66,70)(H,67,71)/t34-,35-,36+,37+,41?,45+,46+,47+,48+,49+,50+/m1/s1. The molecule has 19 heteroatoms. The van der Waals surface area contributed by atoms with Gasteiger partial charge in [0.1, 0.15) is 24.2 Å². The maximum atomic E-state index is 14.8. The average molecular weight is 1050 g/mol. The molecule has 19 nitrogen and oxygen atoms in total. The highest BCUT2D eigenvalue weighted by atomic mass is 16.2. The largest absolute Gasteiger partial charge is 0.399 e. The Morgan fingerprint density at radius 1 is 0.545 bits per heavy atom. The molecule has 11 atom stereocenters. The third-order valence-corrected chi connectivity index (χ3v) is 14.6. The van der Waals surface area contributed by atoms with Gasteiger partial charge < -0.3 is 58.1 Å². The zero-order valence-corrected chi connectivity index (χ0v) is 44.3. The third-order valence-electron chi connectivity index (χ3n) is 14.6. The molecule has 0 saturated carbocycles. The van der Waals surface area contributed by atoms with E-state index < -0.39 is 114 Å². The van der Waals surface area contributed by atoms with Crippen LogP contribution in [0.25, 0.3) is 0 Å². The van der Waals surface area contributed by atoms with E-state index in [-0.39, 0.29) is 42.7 Å². The molecule has 0 aromatic heterocycles. The number of hydrogen-bond acceptors (Lipinski definition) is 11. The van der Waals surface area contributed by atoms with E-state index in [0.717, 1.165) is 11.1 Å². The van der Waals surface area contributed by atoms with E-state index in [1.807, 2.05) is 98.8 Å². The van der Waals surface area contributed by atoms with Gasteiger partial charge in [0.25, 0.3) is 17.7 Å². The number of likely N-dealkylation sites (N-methyl/N-ethyl adjacent to an activating group) is 2. The van der Waals surface area contributed by atoms with Crippen molar-refractivity contribution in [3.05, 3.63) is 161 Å².